The van der Waals surface area contributed by atoms with Gasteiger partial charge in [-0.1, -0.05) is 52.3 Å². The molecule has 1 heterocycles. The summed E-state index contributed by atoms with van der Waals surface area (Å²) >= 11 is 3.42. The first-order valence-corrected chi connectivity index (χ1v) is 8.87. The van der Waals surface area contributed by atoms with E-state index in [1.807, 2.05) is 48.5 Å². The van der Waals surface area contributed by atoms with Gasteiger partial charge in [-0.05, 0) is 47.9 Å². The van der Waals surface area contributed by atoms with E-state index >= 15 is 0 Å². The highest BCUT2D eigenvalue weighted by Gasteiger charge is 2.40. The molecule has 0 unspecified atom stereocenters. The number of rotatable bonds is 3. The first-order chi connectivity index (χ1) is 12.4. The third kappa shape index (κ3) is 3.71. The molecule has 134 valence electrons. The predicted octanol–water partition coefficient (Wildman–Crippen LogP) is 4.17. The lowest BCUT2D eigenvalue weighted by atomic mass is 9.88. The summed E-state index contributed by atoms with van der Waals surface area (Å²) in [4.78, 5) is 23.8. The predicted molar refractivity (Wildman–Crippen MR) is 101 cm³/mol. The monoisotopic (exact) mass is 415 g/mol. The lowest BCUT2D eigenvalue weighted by Crippen LogP contribution is -2.43. The molecule has 0 aliphatic carbocycles. The van der Waals surface area contributed by atoms with Crippen molar-refractivity contribution in [1.82, 2.24) is 5.32 Å². The fourth-order valence-corrected chi connectivity index (χ4v) is 2.98. The van der Waals surface area contributed by atoms with Crippen molar-refractivity contribution in [3.05, 3.63) is 70.7 Å². The lowest BCUT2D eigenvalue weighted by molar-refractivity contribution is -0.177. The van der Waals surface area contributed by atoms with Crippen LogP contribution in [0.4, 0.5) is 4.79 Å². The Morgan fingerprint density at radius 3 is 2.27 bits per heavy atom. The summed E-state index contributed by atoms with van der Waals surface area (Å²) in [6.07, 6.45) is 1.26. The summed E-state index contributed by atoms with van der Waals surface area (Å²) < 4.78 is 11.9. The fraction of sp³-hybridized carbons (Fsp3) is 0.200. The van der Waals surface area contributed by atoms with E-state index in [0.717, 1.165) is 15.6 Å². The average molecular weight is 416 g/mol. The van der Waals surface area contributed by atoms with Crippen LogP contribution < -0.4 is 5.32 Å². The molecule has 0 radical (unpaired) electrons. The normalized spacial score (nSPS) is 22.1. The van der Waals surface area contributed by atoms with Gasteiger partial charge in [-0.25, -0.2) is 4.79 Å². The molecule has 3 rings (SSSR count). The molecule has 1 aliphatic heterocycles. The van der Waals surface area contributed by atoms with Gasteiger partial charge in [0.05, 0.1) is 0 Å². The molecule has 6 heteroatoms. The number of hydrogen-bond acceptors (Lipinski definition) is 4. The molecule has 0 bridgehead atoms. The van der Waals surface area contributed by atoms with E-state index in [0.29, 0.717) is 5.56 Å². The third-order valence-corrected chi connectivity index (χ3v) is 4.80. The number of amides is 1. The summed E-state index contributed by atoms with van der Waals surface area (Å²) in [6, 6.07) is 15.6. The maximum Gasteiger partial charge on any atom is 0.409 e. The number of halogens is 1. The van der Waals surface area contributed by atoms with E-state index in [1.54, 1.807) is 6.92 Å². The summed E-state index contributed by atoms with van der Waals surface area (Å²) in [6.45, 7) is 1.67. The van der Waals surface area contributed by atoms with Crippen LogP contribution in [0.5, 0.6) is 0 Å². The molecule has 2 aromatic rings. The Balaban J connectivity index is 1.84. The Labute approximate surface area is 160 Å². The van der Waals surface area contributed by atoms with Gasteiger partial charge in [0.2, 0.25) is 6.29 Å². The minimum atomic E-state index is -1.22. The topological polar surface area (TPSA) is 64.6 Å². The largest absolute Gasteiger partial charge is 0.416 e. The van der Waals surface area contributed by atoms with Gasteiger partial charge in [0, 0.05) is 11.5 Å². The van der Waals surface area contributed by atoms with Gasteiger partial charge >= 0.3 is 6.09 Å². The SMILES string of the molecule is CNC(=O)O[C@H]1C=CC(=O)[C@](C)(c2ccc(-c3ccc(Br)cc3)cc2)O1. The van der Waals surface area contributed by atoms with Gasteiger partial charge in [-0.15, -0.1) is 0 Å². The van der Waals surface area contributed by atoms with E-state index in [2.05, 4.69) is 21.2 Å². The minimum absolute atomic E-state index is 0.203. The molecular formula is C20H18BrNO4. The van der Waals surface area contributed by atoms with E-state index < -0.39 is 18.0 Å². The number of nitrogens with one attached hydrogen (secondary N) is 1. The summed E-state index contributed by atoms with van der Waals surface area (Å²) in [5, 5.41) is 2.36. The number of hydrogen-bond donors (Lipinski definition) is 1. The number of alkyl carbamates (subject to hydrolysis) is 1. The number of ketones is 1. The highest BCUT2D eigenvalue weighted by Crippen LogP contribution is 2.33. The average Bonchev–Trinajstić information content (AvgIpc) is 2.65. The molecule has 2 aromatic carbocycles. The van der Waals surface area contributed by atoms with Crippen molar-refractivity contribution in [3.8, 4) is 11.1 Å². The second-order valence-corrected chi connectivity index (χ2v) is 6.90. The van der Waals surface area contributed by atoms with Crippen LogP contribution >= 0.6 is 15.9 Å². The molecule has 0 saturated heterocycles. The first kappa shape index (κ1) is 18.4. The molecular weight excluding hydrogens is 398 g/mol. The van der Waals surface area contributed by atoms with Gasteiger partial charge in [0.25, 0.3) is 0 Å². The smallest absolute Gasteiger partial charge is 0.409 e. The highest BCUT2D eigenvalue weighted by atomic mass is 79.9. The Bertz CT molecular complexity index is 845. The molecule has 0 fully saturated rings. The van der Waals surface area contributed by atoms with Crippen LogP contribution in [0.2, 0.25) is 0 Å². The molecule has 2 atom stereocenters. The molecule has 0 aromatic heterocycles. The van der Waals surface area contributed by atoms with Crippen LogP contribution in [-0.4, -0.2) is 25.2 Å². The van der Waals surface area contributed by atoms with Crippen LogP contribution in [0.15, 0.2) is 65.2 Å². The zero-order valence-corrected chi connectivity index (χ0v) is 15.9. The van der Waals surface area contributed by atoms with Crippen molar-refractivity contribution < 1.29 is 19.1 Å². The zero-order valence-electron chi connectivity index (χ0n) is 14.4. The number of ether oxygens (including phenoxy) is 2. The van der Waals surface area contributed by atoms with E-state index in [9.17, 15) is 9.59 Å². The van der Waals surface area contributed by atoms with Gasteiger partial charge in [0.15, 0.2) is 11.4 Å². The minimum Gasteiger partial charge on any atom is -0.416 e. The Morgan fingerprint density at radius 1 is 1.12 bits per heavy atom. The third-order valence-electron chi connectivity index (χ3n) is 4.27. The maximum absolute atomic E-state index is 12.4. The van der Waals surface area contributed by atoms with Crippen LogP contribution in [0.1, 0.15) is 12.5 Å². The second-order valence-electron chi connectivity index (χ2n) is 5.98. The summed E-state index contributed by atoms with van der Waals surface area (Å²) in [5.41, 5.74) is 1.58. The lowest BCUT2D eigenvalue weighted by Gasteiger charge is -2.33. The van der Waals surface area contributed by atoms with Crippen molar-refractivity contribution in [3.63, 3.8) is 0 Å². The maximum atomic E-state index is 12.4. The van der Waals surface area contributed by atoms with Crippen molar-refractivity contribution in [2.45, 2.75) is 18.8 Å². The highest BCUT2D eigenvalue weighted by molar-refractivity contribution is 9.10. The Hall–Kier alpha value is -2.44. The van der Waals surface area contributed by atoms with Crippen LogP contribution in [0.25, 0.3) is 11.1 Å². The Kier molecular flexibility index (Phi) is 5.25. The molecule has 26 heavy (non-hydrogen) atoms. The van der Waals surface area contributed by atoms with Crippen molar-refractivity contribution in [2.24, 2.45) is 0 Å². The number of carbonyl (C=O) groups is 2. The number of carbonyl (C=O) groups excluding carboxylic acids is 2. The molecule has 0 saturated carbocycles. The quantitative estimate of drug-likeness (QED) is 0.816. The first-order valence-electron chi connectivity index (χ1n) is 8.07. The summed E-state index contributed by atoms with van der Waals surface area (Å²) in [5.74, 6) is -0.203. The van der Waals surface area contributed by atoms with Gasteiger partial charge in [-0.2, -0.15) is 0 Å². The number of benzene rings is 2. The fourth-order valence-electron chi connectivity index (χ4n) is 2.72. The Morgan fingerprint density at radius 2 is 1.69 bits per heavy atom. The van der Waals surface area contributed by atoms with E-state index in [4.69, 9.17) is 9.47 Å². The molecule has 5 nitrogen and oxygen atoms in total. The summed E-state index contributed by atoms with van der Waals surface area (Å²) in [7, 11) is 1.46. The van der Waals surface area contributed by atoms with Crippen LogP contribution in [0, 0.1) is 0 Å². The molecule has 0 spiro atoms. The van der Waals surface area contributed by atoms with Crippen molar-refractivity contribution >= 4 is 27.8 Å². The zero-order chi connectivity index (χ0) is 18.7. The molecule has 1 aliphatic rings. The second kappa shape index (κ2) is 7.43. The van der Waals surface area contributed by atoms with Gasteiger partial charge in [-0.3, -0.25) is 4.79 Å². The van der Waals surface area contributed by atoms with Gasteiger partial charge < -0.3 is 14.8 Å². The van der Waals surface area contributed by atoms with Crippen LogP contribution in [0.3, 0.4) is 0 Å². The van der Waals surface area contributed by atoms with Crippen LogP contribution in [-0.2, 0) is 19.9 Å². The van der Waals surface area contributed by atoms with E-state index in [-0.39, 0.29) is 5.78 Å². The van der Waals surface area contributed by atoms with E-state index in [1.165, 1.54) is 19.2 Å². The molecule has 1 N–H and O–H groups in total. The van der Waals surface area contributed by atoms with Gasteiger partial charge in [0.1, 0.15) is 0 Å². The van der Waals surface area contributed by atoms with Crippen molar-refractivity contribution in [2.75, 3.05) is 7.05 Å². The molecule has 1 amide bonds. The standard InChI is InChI=1S/C20H18BrNO4/c1-20(17(23)11-12-18(26-20)25-19(24)22-2)15-7-3-13(4-8-15)14-5-9-16(21)10-6-14/h3-12,18H,1-2H3,(H,22,24)/t18-,20+/m1/s1. The van der Waals surface area contributed by atoms with Crippen molar-refractivity contribution in [1.29, 1.82) is 0 Å².